The number of nitrogens with zero attached hydrogens (tertiary/aromatic N) is 1. The quantitative estimate of drug-likeness (QED) is 0.811. The van der Waals surface area contributed by atoms with Gasteiger partial charge >= 0.3 is 0 Å². The number of carbonyl (C=O) groups excluding carboxylic acids is 2. The number of carbonyl (C=O) groups is 2. The van der Waals surface area contributed by atoms with Crippen molar-refractivity contribution in [3.05, 3.63) is 0 Å². The van der Waals surface area contributed by atoms with Crippen molar-refractivity contribution < 1.29 is 14.7 Å². The zero-order valence-corrected chi connectivity index (χ0v) is 13.1. The Hall–Kier alpha value is -1.10. The van der Waals surface area contributed by atoms with Gasteiger partial charge < -0.3 is 15.3 Å². The lowest BCUT2D eigenvalue weighted by Gasteiger charge is -2.55. The van der Waals surface area contributed by atoms with Gasteiger partial charge in [-0.3, -0.25) is 9.59 Å². The molecule has 0 unspecified atom stereocenters. The number of amides is 2. The van der Waals surface area contributed by atoms with Crippen molar-refractivity contribution in [2.24, 2.45) is 23.2 Å². The van der Waals surface area contributed by atoms with E-state index in [0.29, 0.717) is 26.1 Å². The van der Waals surface area contributed by atoms with E-state index in [4.69, 9.17) is 0 Å². The Morgan fingerprint density at radius 1 is 1.05 bits per heavy atom. The summed E-state index contributed by atoms with van der Waals surface area (Å²) in [4.78, 5) is 26.2. The van der Waals surface area contributed by atoms with Crippen molar-refractivity contribution >= 4 is 11.8 Å². The number of β-amino-alcohol motifs (C(OH)–C–C–N with tert-alkyl or cyclic N) is 1. The molecule has 5 fully saturated rings. The normalized spacial score (nSPS) is 39.7. The number of hydrogen-bond donors (Lipinski definition) is 2. The molecule has 0 aromatic carbocycles. The molecule has 4 bridgehead atoms. The third kappa shape index (κ3) is 2.43. The average molecular weight is 306 g/mol. The van der Waals surface area contributed by atoms with E-state index in [1.165, 1.54) is 19.3 Å². The lowest BCUT2D eigenvalue weighted by Crippen LogP contribution is -2.55. The van der Waals surface area contributed by atoms with Crippen LogP contribution in [0.5, 0.6) is 0 Å². The second-order valence-corrected chi connectivity index (χ2v) is 8.16. The van der Waals surface area contributed by atoms with E-state index in [1.807, 2.05) is 0 Å². The molecule has 0 aromatic rings. The Bertz CT molecular complexity index is 449. The molecule has 122 valence electrons. The summed E-state index contributed by atoms with van der Waals surface area (Å²) < 4.78 is 0. The first-order chi connectivity index (χ1) is 10.5. The minimum atomic E-state index is -0.356. The number of nitrogens with one attached hydrogen (secondary N) is 1. The highest BCUT2D eigenvalue weighted by molar-refractivity contribution is 5.84. The van der Waals surface area contributed by atoms with E-state index in [-0.39, 0.29) is 23.3 Å². The second-order valence-electron chi connectivity index (χ2n) is 8.16. The van der Waals surface area contributed by atoms with Crippen LogP contribution in [0.15, 0.2) is 0 Å². The van der Waals surface area contributed by atoms with Crippen molar-refractivity contribution in [2.75, 3.05) is 19.6 Å². The summed E-state index contributed by atoms with van der Waals surface area (Å²) in [5.41, 5.74) is -0.120. The number of rotatable bonds is 4. The van der Waals surface area contributed by atoms with Crippen molar-refractivity contribution in [1.82, 2.24) is 10.2 Å². The largest absolute Gasteiger partial charge is 0.389 e. The van der Waals surface area contributed by atoms with E-state index in [9.17, 15) is 14.7 Å². The summed E-state index contributed by atoms with van der Waals surface area (Å²) >= 11 is 0. The topological polar surface area (TPSA) is 69.6 Å². The Kier molecular flexibility index (Phi) is 3.44. The van der Waals surface area contributed by atoms with Gasteiger partial charge in [0.2, 0.25) is 11.8 Å². The van der Waals surface area contributed by atoms with Crippen LogP contribution >= 0.6 is 0 Å². The molecule has 1 aliphatic heterocycles. The highest BCUT2D eigenvalue weighted by Gasteiger charge is 2.54. The van der Waals surface area contributed by atoms with Crippen LogP contribution in [0.1, 0.15) is 44.9 Å². The maximum Gasteiger partial charge on any atom is 0.226 e. The predicted molar refractivity (Wildman–Crippen MR) is 80.8 cm³/mol. The van der Waals surface area contributed by atoms with Crippen LogP contribution in [0.2, 0.25) is 0 Å². The Morgan fingerprint density at radius 2 is 1.59 bits per heavy atom. The van der Waals surface area contributed by atoms with Crippen LogP contribution in [0.25, 0.3) is 0 Å². The summed E-state index contributed by atoms with van der Waals surface area (Å²) in [6.45, 7) is 1.33. The molecular formula is C17H26N2O3. The third-order valence-corrected chi connectivity index (χ3v) is 6.36. The fourth-order valence-corrected chi connectivity index (χ4v) is 5.68. The van der Waals surface area contributed by atoms with Crippen LogP contribution in [0, 0.1) is 23.2 Å². The van der Waals surface area contributed by atoms with E-state index in [2.05, 4.69) is 5.32 Å². The number of hydrogen-bond acceptors (Lipinski definition) is 3. The molecule has 0 radical (unpaired) electrons. The van der Waals surface area contributed by atoms with E-state index in [0.717, 1.165) is 37.0 Å². The molecule has 0 atom stereocenters. The summed E-state index contributed by atoms with van der Waals surface area (Å²) in [5.74, 6) is 2.53. The van der Waals surface area contributed by atoms with Crippen molar-refractivity contribution in [3.63, 3.8) is 0 Å². The number of likely N-dealkylation sites (tertiary alicyclic amines) is 1. The van der Waals surface area contributed by atoms with Gasteiger partial charge in [0.15, 0.2) is 0 Å². The van der Waals surface area contributed by atoms with Gasteiger partial charge in [0.1, 0.15) is 0 Å². The summed E-state index contributed by atoms with van der Waals surface area (Å²) in [6, 6.07) is 0. The van der Waals surface area contributed by atoms with Crippen molar-refractivity contribution in [3.8, 4) is 0 Å². The molecule has 5 aliphatic rings. The van der Waals surface area contributed by atoms with Crippen LogP contribution in [0.3, 0.4) is 0 Å². The van der Waals surface area contributed by atoms with E-state index in [1.54, 1.807) is 4.90 Å². The minimum Gasteiger partial charge on any atom is -0.389 e. The fourth-order valence-electron chi connectivity index (χ4n) is 5.68. The zero-order valence-electron chi connectivity index (χ0n) is 13.1. The highest BCUT2D eigenvalue weighted by Crippen LogP contribution is 2.60. The molecule has 2 amide bonds. The highest BCUT2D eigenvalue weighted by atomic mass is 16.3. The van der Waals surface area contributed by atoms with Crippen molar-refractivity contribution in [1.29, 1.82) is 0 Å². The summed E-state index contributed by atoms with van der Waals surface area (Å²) in [5, 5.41) is 12.2. The fraction of sp³-hybridized carbons (Fsp3) is 0.882. The van der Waals surface area contributed by atoms with Crippen molar-refractivity contribution in [2.45, 2.75) is 51.0 Å². The van der Waals surface area contributed by atoms with Crippen LogP contribution in [-0.4, -0.2) is 47.6 Å². The molecule has 1 heterocycles. The SMILES string of the molecule is O=C(CCNC(=O)C12CC3CC(CC(C3)C1)C2)N1CC(O)C1. The first-order valence-electron chi connectivity index (χ1n) is 8.78. The van der Waals surface area contributed by atoms with Gasteiger partial charge in [-0.15, -0.1) is 0 Å². The molecule has 0 aromatic heterocycles. The lowest BCUT2D eigenvalue weighted by molar-refractivity contribution is -0.146. The van der Waals surface area contributed by atoms with E-state index < -0.39 is 0 Å². The number of aliphatic hydroxyl groups excluding tert-OH is 1. The molecule has 4 aliphatic carbocycles. The Labute approximate surface area is 131 Å². The minimum absolute atomic E-state index is 0.0381. The summed E-state index contributed by atoms with van der Waals surface area (Å²) in [7, 11) is 0. The Morgan fingerprint density at radius 3 is 2.09 bits per heavy atom. The molecule has 1 saturated heterocycles. The van der Waals surface area contributed by atoms with Gasteiger partial charge in [-0.05, 0) is 56.3 Å². The monoisotopic (exact) mass is 306 g/mol. The maximum atomic E-state index is 12.7. The molecule has 22 heavy (non-hydrogen) atoms. The van der Waals surface area contributed by atoms with Crippen LogP contribution < -0.4 is 5.32 Å². The molecule has 0 spiro atoms. The van der Waals surface area contributed by atoms with Gasteiger partial charge in [-0.2, -0.15) is 0 Å². The molecule has 2 N–H and O–H groups in total. The molecule has 4 saturated carbocycles. The smallest absolute Gasteiger partial charge is 0.226 e. The molecule has 5 heteroatoms. The van der Waals surface area contributed by atoms with Gasteiger partial charge in [-0.1, -0.05) is 0 Å². The number of aliphatic hydroxyl groups is 1. The van der Waals surface area contributed by atoms with Gasteiger partial charge in [-0.25, -0.2) is 0 Å². The molecule has 5 rings (SSSR count). The van der Waals surface area contributed by atoms with Crippen LogP contribution in [-0.2, 0) is 9.59 Å². The molecule has 5 nitrogen and oxygen atoms in total. The standard InChI is InChI=1S/C17H26N2O3/c20-14-9-19(10-14)15(21)1-2-18-16(22)17-6-11-3-12(7-17)5-13(4-11)8-17/h11-14,20H,1-10H2,(H,18,22). The van der Waals surface area contributed by atoms with Gasteiger partial charge in [0, 0.05) is 31.5 Å². The molecular weight excluding hydrogens is 280 g/mol. The van der Waals surface area contributed by atoms with E-state index >= 15 is 0 Å². The second kappa shape index (κ2) is 5.22. The summed E-state index contributed by atoms with van der Waals surface area (Å²) in [6.07, 6.45) is 7.20. The third-order valence-electron chi connectivity index (χ3n) is 6.36. The van der Waals surface area contributed by atoms with Gasteiger partial charge in [0.05, 0.1) is 6.10 Å². The zero-order chi connectivity index (χ0) is 15.3. The van der Waals surface area contributed by atoms with Crippen LogP contribution in [0.4, 0.5) is 0 Å². The maximum absolute atomic E-state index is 12.7. The first kappa shape index (κ1) is 14.5. The van der Waals surface area contributed by atoms with Gasteiger partial charge in [0.25, 0.3) is 0 Å². The predicted octanol–water partition coefficient (Wildman–Crippen LogP) is 0.912. The Balaban J connectivity index is 1.28. The average Bonchev–Trinajstić information content (AvgIpc) is 2.42. The lowest BCUT2D eigenvalue weighted by atomic mass is 9.49. The first-order valence-corrected chi connectivity index (χ1v) is 8.78.